The third-order valence-corrected chi connectivity index (χ3v) is 6.10. The van der Waals surface area contributed by atoms with Crippen LogP contribution in [0, 0.1) is 0 Å². The first kappa shape index (κ1) is 20.6. The number of Topliss-reactive ketones (excluding diaryl/α,β-unsaturated/α-hetero) is 1. The molecule has 1 fully saturated rings. The Morgan fingerprint density at radius 2 is 1.97 bits per heavy atom. The van der Waals surface area contributed by atoms with Gasteiger partial charge in [0.15, 0.2) is 5.78 Å². The predicted octanol–water partition coefficient (Wildman–Crippen LogP) is 2.36. The van der Waals surface area contributed by atoms with E-state index in [1.165, 1.54) is 11.0 Å². The van der Waals surface area contributed by atoms with E-state index < -0.39 is 17.5 Å². The minimum Gasteiger partial charge on any atom is -0.360 e. The van der Waals surface area contributed by atoms with E-state index in [9.17, 15) is 14.4 Å². The minimum absolute atomic E-state index is 0.315. The van der Waals surface area contributed by atoms with Gasteiger partial charge >= 0.3 is 6.03 Å². The van der Waals surface area contributed by atoms with Gasteiger partial charge in [0, 0.05) is 22.7 Å². The highest BCUT2D eigenvalue weighted by atomic mass is 16.2. The lowest BCUT2D eigenvalue weighted by atomic mass is 9.91. The van der Waals surface area contributed by atoms with Crippen molar-refractivity contribution < 1.29 is 14.4 Å². The number of tetrazole rings is 1. The molecule has 3 amide bonds. The van der Waals surface area contributed by atoms with E-state index in [0.717, 1.165) is 27.8 Å². The average molecular weight is 443 g/mol. The number of hydrogen-bond acceptors (Lipinski definition) is 6. The molecule has 2 aromatic heterocycles. The molecular formula is C23H21N7O3. The van der Waals surface area contributed by atoms with Crippen molar-refractivity contribution in [2.45, 2.75) is 25.8 Å². The SMILES string of the molecule is CCc1cccc2c(C(=O)CN3C(=O)N[C@](C)(c4cccc(-n5cnnn5)c4)C3=O)c[nH]c12. The van der Waals surface area contributed by atoms with Gasteiger partial charge in [0.2, 0.25) is 0 Å². The van der Waals surface area contributed by atoms with Crippen LogP contribution in [0.2, 0.25) is 0 Å². The molecule has 3 heterocycles. The quantitative estimate of drug-likeness (QED) is 0.348. The molecule has 10 nitrogen and oxygen atoms in total. The molecule has 1 aliphatic rings. The standard InChI is InChI=1S/C23H21N7O3/c1-3-14-6-4-9-17-18(11-24-20(14)17)19(31)12-29-21(32)23(2,26-22(29)33)15-7-5-8-16(10-15)30-13-25-27-28-30/h4-11,13,24H,3,12H2,1-2H3,(H,26,33)/t23-/m1/s1. The van der Waals surface area contributed by atoms with Crippen LogP contribution in [0.25, 0.3) is 16.6 Å². The van der Waals surface area contributed by atoms with Crippen LogP contribution >= 0.6 is 0 Å². The maximum Gasteiger partial charge on any atom is 0.325 e. The number of H-pyrrole nitrogens is 1. The molecule has 166 valence electrons. The van der Waals surface area contributed by atoms with Gasteiger partial charge in [0.1, 0.15) is 11.9 Å². The molecule has 0 unspecified atom stereocenters. The van der Waals surface area contributed by atoms with E-state index in [1.54, 1.807) is 37.4 Å². The number of ketones is 1. The molecule has 0 saturated carbocycles. The molecule has 1 atom stereocenters. The minimum atomic E-state index is -1.32. The van der Waals surface area contributed by atoms with Gasteiger partial charge in [-0.25, -0.2) is 9.48 Å². The Labute approximate surface area is 188 Å². The van der Waals surface area contributed by atoms with Crippen LogP contribution in [0.4, 0.5) is 4.79 Å². The molecule has 5 rings (SSSR count). The molecule has 1 saturated heterocycles. The fourth-order valence-corrected chi connectivity index (χ4v) is 4.25. The summed E-state index contributed by atoms with van der Waals surface area (Å²) in [4.78, 5) is 43.3. The number of rotatable bonds is 6. The van der Waals surface area contributed by atoms with Crippen LogP contribution in [0.15, 0.2) is 55.0 Å². The highest BCUT2D eigenvalue weighted by Crippen LogP contribution is 2.30. The molecule has 0 spiro atoms. The van der Waals surface area contributed by atoms with Gasteiger partial charge in [-0.3, -0.25) is 14.5 Å². The number of aryl methyl sites for hydroxylation is 1. The van der Waals surface area contributed by atoms with Crippen molar-refractivity contribution in [2.24, 2.45) is 0 Å². The third kappa shape index (κ3) is 3.27. The number of aromatic amines is 1. The number of amides is 3. The number of aromatic nitrogens is 5. The first-order valence-corrected chi connectivity index (χ1v) is 10.5. The lowest BCUT2D eigenvalue weighted by molar-refractivity contribution is -0.130. The van der Waals surface area contributed by atoms with Crippen LogP contribution in [-0.2, 0) is 16.8 Å². The maximum absolute atomic E-state index is 13.3. The molecule has 0 bridgehead atoms. The maximum atomic E-state index is 13.3. The number of nitrogens with zero attached hydrogens (tertiary/aromatic N) is 5. The first-order valence-electron chi connectivity index (χ1n) is 10.5. The van der Waals surface area contributed by atoms with E-state index in [4.69, 9.17) is 0 Å². The number of nitrogens with one attached hydrogen (secondary N) is 2. The highest BCUT2D eigenvalue weighted by Gasteiger charge is 2.49. The molecule has 4 aromatic rings. The highest BCUT2D eigenvalue weighted by molar-refractivity contribution is 6.14. The van der Waals surface area contributed by atoms with Gasteiger partial charge < -0.3 is 10.3 Å². The third-order valence-electron chi connectivity index (χ3n) is 6.10. The lowest BCUT2D eigenvalue weighted by Crippen LogP contribution is -2.41. The number of imide groups is 1. The van der Waals surface area contributed by atoms with E-state index in [2.05, 4.69) is 25.8 Å². The lowest BCUT2D eigenvalue weighted by Gasteiger charge is -2.22. The Morgan fingerprint density at radius 1 is 1.15 bits per heavy atom. The summed E-state index contributed by atoms with van der Waals surface area (Å²) in [7, 11) is 0. The van der Waals surface area contributed by atoms with Crippen molar-refractivity contribution in [3.05, 3.63) is 71.7 Å². The van der Waals surface area contributed by atoms with Crippen molar-refractivity contribution in [2.75, 3.05) is 6.54 Å². The van der Waals surface area contributed by atoms with Gasteiger partial charge in [-0.1, -0.05) is 37.3 Å². The fourth-order valence-electron chi connectivity index (χ4n) is 4.25. The normalized spacial score (nSPS) is 18.2. The molecule has 1 aliphatic heterocycles. The molecule has 10 heteroatoms. The average Bonchev–Trinajstić information content (AvgIpc) is 3.55. The Hall–Kier alpha value is -4.34. The van der Waals surface area contributed by atoms with Crippen molar-refractivity contribution in [3.8, 4) is 5.69 Å². The summed E-state index contributed by atoms with van der Waals surface area (Å²) >= 11 is 0. The van der Waals surface area contributed by atoms with E-state index in [0.29, 0.717) is 16.8 Å². The van der Waals surface area contributed by atoms with E-state index in [-0.39, 0.29) is 12.3 Å². The van der Waals surface area contributed by atoms with Crippen LogP contribution in [0.1, 0.15) is 35.3 Å². The summed E-state index contributed by atoms with van der Waals surface area (Å²) in [5, 5.41) is 14.6. The van der Waals surface area contributed by atoms with Crippen molar-refractivity contribution in [1.29, 1.82) is 0 Å². The van der Waals surface area contributed by atoms with Gasteiger partial charge in [-0.2, -0.15) is 0 Å². The van der Waals surface area contributed by atoms with Gasteiger partial charge in [0.25, 0.3) is 5.91 Å². The molecule has 0 aliphatic carbocycles. The van der Waals surface area contributed by atoms with Crippen LogP contribution in [0.5, 0.6) is 0 Å². The summed E-state index contributed by atoms with van der Waals surface area (Å²) in [5.74, 6) is -0.812. The zero-order valence-corrected chi connectivity index (χ0v) is 18.1. The van der Waals surface area contributed by atoms with Crippen molar-refractivity contribution in [1.82, 2.24) is 35.4 Å². The van der Waals surface area contributed by atoms with Crippen molar-refractivity contribution >= 4 is 28.6 Å². The summed E-state index contributed by atoms with van der Waals surface area (Å²) in [6.07, 6.45) is 3.90. The van der Waals surface area contributed by atoms with Crippen LogP contribution in [-0.4, -0.2) is 54.4 Å². The Bertz CT molecular complexity index is 1390. The second-order valence-electron chi connectivity index (χ2n) is 8.07. The Balaban J connectivity index is 1.42. The van der Waals surface area contributed by atoms with Crippen LogP contribution in [0.3, 0.4) is 0 Å². The fraction of sp³-hybridized carbons (Fsp3) is 0.217. The first-order chi connectivity index (χ1) is 15.9. The number of carbonyl (C=O) groups excluding carboxylic acids is 3. The summed E-state index contributed by atoms with van der Waals surface area (Å²) in [5.41, 5.74) is 2.32. The monoisotopic (exact) mass is 443 g/mol. The summed E-state index contributed by atoms with van der Waals surface area (Å²) < 4.78 is 1.46. The molecular weight excluding hydrogens is 422 g/mol. The number of para-hydroxylation sites is 1. The smallest absolute Gasteiger partial charge is 0.325 e. The van der Waals surface area contributed by atoms with E-state index in [1.807, 2.05) is 25.1 Å². The summed E-state index contributed by atoms with van der Waals surface area (Å²) in [6, 6.07) is 12.1. The van der Waals surface area contributed by atoms with Crippen molar-refractivity contribution in [3.63, 3.8) is 0 Å². The molecule has 0 radical (unpaired) electrons. The number of carbonyl (C=O) groups is 3. The van der Waals surface area contributed by atoms with Gasteiger partial charge in [-0.15, -0.1) is 5.10 Å². The molecule has 2 N–H and O–H groups in total. The zero-order valence-electron chi connectivity index (χ0n) is 18.1. The number of hydrogen-bond donors (Lipinski definition) is 2. The number of urea groups is 1. The predicted molar refractivity (Wildman–Crippen MR) is 119 cm³/mol. The largest absolute Gasteiger partial charge is 0.360 e. The van der Waals surface area contributed by atoms with Gasteiger partial charge in [0.05, 0.1) is 12.2 Å². The topological polar surface area (TPSA) is 126 Å². The van der Waals surface area contributed by atoms with E-state index >= 15 is 0 Å². The second-order valence-corrected chi connectivity index (χ2v) is 8.07. The zero-order chi connectivity index (χ0) is 23.2. The van der Waals surface area contributed by atoms with Crippen LogP contribution < -0.4 is 5.32 Å². The van der Waals surface area contributed by atoms with Gasteiger partial charge in [-0.05, 0) is 47.0 Å². The summed E-state index contributed by atoms with van der Waals surface area (Å²) in [6.45, 7) is 3.31. The Kier molecular flexibility index (Phi) is 4.77. The molecule has 2 aromatic carbocycles. The molecule has 33 heavy (non-hydrogen) atoms. The second kappa shape index (κ2) is 7.66. The Morgan fingerprint density at radius 3 is 2.73 bits per heavy atom. The number of fused-ring (bicyclic) bond motifs is 1. The number of benzene rings is 2.